The van der Waals surface area contributed by atoms with E-state index >= 15 is 0 Å². The number of hydrogen-bond donors (Lipinski definition) is 1. The third kappa shape index (κ3) is 5.82. The van der Waals surface area contributed by atoms with Crippen LogP contribution in [0.1, 0.15) is 28.1 Å². The zero-order chi connectivity index (χ0) is 27.4. The minimum atomic E-state index is -3.99. The molecule has 7 nitrogen and oxygen atoms in total. The average Bonchev–Trinajstić information content (AvgIpc) is 3.17. The molecule has 0 atom stereocenters. The summed E-state index contributed by atoms with van der Waals surface area (Å²) < 4.78 is 30.1. The maximum absolute atomic E-state index is 13.5. The van der Waals surface area contributed by atoms with Crippen molar-refractivity contribution in [1.29, 1.82) is 0 Å². The lowest BCUT2D eigenvalue weighted by atomic mass is 10.1. The van der Waals surface area contributed by atoms with Crippen LogP contribution >= 0.6 is 11.6 Å². The summed E-state index contributed by atoms with van der Waals surface area (Å²) in [5, 5.41) is 4.75. The maximum Gasteiger partial charge on any atom is 0.264 e. The van der Waals surface area contributed by atoms with Crippen molar-refractivity contribution in [3.05, 3.63) is 112 Å². The Balaban J connectivity index is 1.56. The zero-order valence-corrected chi connectivity index (χ0v) is 23.2. The van der Waals surface area contributed by atoms with Gasteiger partial charge < -0.3 is 4.57 Å². The van der Waals surface area contributed by atoms with Crippen LogP contribution in [0.2, 0.25) is 5.02 Å². The van der Waals surface area contributed by atoms with Gasteiger partial charge in [0.1, 0.15) is 6.54 Å². The molecule has 0 unspecified atom stereocenters. The van der Waals surface area contributed by atoms with Gasteiger partial charge in [0, 0.05) is 27.7 Å². The highest BCUT2D eigenvalue weighted by Gasteiger charge is 2.27. The van der Waals surface area contributed by atoms with Gasteiger partial charge in [0.05, 0.1) is 16.8 Å². The Morgan fingerprint density at radius 2 is 1.68 bits per heavy atom. The molecule has 1 heterocycles. The summed E-state index contributed by atoms with van der Waals surface area (Å²) in [4.78, 5) is 13.0. The number of carbonyl (C=O) groups is 1. The molecule has 0 bridgehead atoms. The van der Waals surface area contributed by atoms with Crippen molar-refractivity contribution in [3.63, 3.8) is 0 Å². The van der Waals surface area contributed by atoms with Gasteiger partial charge >= 0.3 is 0 Å². The highest BCUT2D eigenvalue weighted by atomic mass is 35.5. The molecule has 38 heavy (non-hydrogen) atoms. The van der Waals surface area contributed by atoms with Crippen LogP contribution in [0.25, 0.3) is 5.69 Å². The summed E-state index contributed by atoms with van der Waals surface area (Å²) in [6.07, 6.45) is 1.55. The van der Waals surface area contributed by atoms with E-state index in [0.717, 1.165) is 38.1 Å². The maximum atomic E-state index is 13.5. The quantitative estimate of drug-likeness (QED) is 0.226. The van der Waals surface area contributed by atoms with Crippen molar-refractivity contribution >= 4 is 39.4 Å². The number of sulfonamides is 1. The number of aryl methyl sites for hydroxylation is 3. The second-order valence-electron chi connectivity index (χ2n) is 9.03. The van der Waals surface area contributed by atoms with Gasteiger partial charge in [0.2, 0.25) is 0 Å². The summed E-state index contributed by atoms with van der Waals surface area (Å²) in [5.41, 5.74) is 8.46. The fourth-order valence-electron chi connectivity index (χ4n) is 4.19. The number of nitrogens with one attached hydrogen (secondary N) is 1. The first-order valence-electron chi connectivity index (χ1n) is 12.0. The van der Waals surface area contributed by atoms with Crippen molar-refractivity contribution < 1.29 is 13.2 Å². The number of anilines is 1. The van der Waals surface area contributed by atoms with Gasteiger partial charge in [-0.3, -0.25) is 9.10 Å². The predicted molar refractivity (Wildman–Crippen MR) is 153 cm³/mol. The number of rotatable bonds is 8. The lowest BCUT2D eigenvalue weighted by Crippen LogP contribution is -2.39. The molecule has 1 aromatic heterocycles. The van der Waals surface area contributed by atoms with Crippen LogP contribution in [0.4, 0.5) is 5.69 Å². The average molecular weight is 549 g/mol. The minimum absolute atomic E-state index is 0.1000. The van der Waals surface area contributed by atoms with Crippen LogP contribution in [0, 0.1) is 27.7 Å². The molecular weight excluding hydrogens is 520 g/mol. The Bertz CT molecular complexity index is 1610. The first kappa shape index (κ1) is 27.2. The second kappa shape index (κ2) is 11.2. The van der Waals surface area contributed by atoms with E-state index in [-0.39, 0.29) is 4.90 Å². The van der Waals surface area contributed by atoms with Crippen LogP contribution < -0.4 is 9.73 Å². The van der Waals surface area contributed by atoms with E-state index < -0.39 is 22.5 Å². The van der Waals surface area contributed by atoms with E-state index in [0.29, 0.717) is 10.7 Å². The van der Waals surface area contributed by atoms with Crippen molar-refractivity contribution in [2.75, 3.05) is 10.8 Å². The number of benzene rings is 3. The molecule has 0 aliphatic rings. The van der Waals surface area contributed by atoms with Crippen molar-refractivity contribution in [2.24, 2.45) is 5.10 Å². The van der Waals surface area contributed by atoms with Crippen molar-refractivity contribution in [1.82, 2.24) is 9.99 Å². The molecule has 0 saturated carbocycles. The first-order valence-corrected chi connectivity index (χ1v) is 13.8. The molecular formula is C29H29ClN4O3S. The highest BCUT2D eigenvalue weighted by molar-refractivity contribution is 7.92. The molecule has 0 aliphatic heterocycles. The standard InChI is InChI=1S/C29H29ClN4O3S/c1-20-13-14-26(15-21(20)2)33(38(36,37)28-11-6-5-7-12-28)19-29(35)32-31-18-24-16-22(3)34(23(24)4)27-10-8-9-25(30)17-27/h5-18H,19H2,1-4H3,(H,32,35)/b31-18+. The van der Waals surface area contributed by atoms with Gasteiger partial charge in [-0.05, 0) is 87.4 Å². The number of carbonyl (C=O) groups excluding carboxylic acids is 1. The lowest BCUT2D eigenvalue weighted by molar-refractivity contribution is -0.119. The van der Waals surface area contributed by atoms with Gasteiger partial charge in [-0.15, -0.1) is 0 Å². The highest BCUT2D eigenvalue weighted by Crippen LogP contribution is 2.26. The lowest BCUT2D eigenvalue weighted by Gasteiger charge is -2.24. The van der Waals surface area contributed by atoms with Crippen molar-refractivity contribution in [3.8, 4) is 5.69 Å². The molecule has 196 valence electrons. The molecule has 1 amide bonds. The molecule has 0 radical (unpaired) electrons. The third-order valence-corrected chi connectivity index (χ3v) is 8.35. The third-order valence-electron chi connectivity index (χ3n) is 6.33. The molecule has 4 aromatic rings. The Kier molecular flexibility index (Phi) is 8.04. The molecule has 0 saturated heterocycles. The number of aromatic nitrogens is 1. The molecule has 9 heteroatoms. The van der Waals surface area contributed by atoms with Gasteiger partial charge in [0.15, 0.2) is 0 Å². The summed E-state index contributed by atoms with van der Waals surface area (Å²) in [6.45, 7) is 7.33. The fourth-order valence-corrected chi connectivity index (χ4v) is 5.80. The van der Waals surface area contributed by atoms with E-state index in [9.17, 15) is 13.2 Å². The van der Waals surface area contributed by atoms with E-state index in [1.54, 1.807) is 36.5 Å². The Morgan fingerprint density at radius 1 is 0.947 bits per heavy atom. The van der Waals surface area contributed by atoms with Crippen molar-refractivity contribution in [2.45, 2.75) is 32.6 Å². The fraction of sp³-hybridized carbons (Fsp3) is 0.172. The normalized spacial score (nSPS) is 11.6. The van der Waals surface area contributed by atoms with Gasteiger partial charge in [-0.25, -0.2) is 13.8 Å². The Labute approximate surface area is 228 Å². The SMILES string of the molecule is Cc1ccc(N(CC(=O)N/N=C/c2cc(C)n(-c3cccc(Cl)c3)c2C)S(=O)(=O)c2ccccc2)cc1C. The molecule has 0 spiro atoms. The predicted octanol–water partition coefficient (Wildman–Crippen LogP) is 5.71. The first-order chi connectivity index (χ1) is 18.1. The smallest absolute Gasteiger partial charge is 0.264 e. The number of amides is 1. The summed E-state index contributed by atoms with van der Waals surface area (Å²) in [6, 6.07) is 22.8. The van der Waals surface area contributed by atoms with E-state index in [1.807, 2.05) is 68.7 Å². The largest absolute Gasteiger partial charge is 0.318 e. The molecule has 3 aromatic carbocycles. The van der Waals surface area contributed by atoms with Gasteiger partial charge in [0.25, 0.3) is 15.9 Å². The number of hydrazone groups is 1. The summed E-state index contributed by atoms with van der Waals surface area (Å²) in [7, 11) is -3.99. The Hall–Kier alpha value is -3.88. The van der Waals surface area contributed by atoms with E-state index in [2.05, 4.69) is 10.5 Å². The van der Waals surface area contributed by atoms with Crippen LogP contribution in [0.3, 0.4) is 0 Å². The Morgan fingerprint density at radius 3 is 2.37 bits per heavy atom. The number of nitrogens with zero attached hydrogens (tertiary/aromatic N) is 3. The van der Waals surface area contributed by atoms with Gasteiger partial charge in [-0.2, -0.15) is 5.10 Å². The van der Waals surface area contributed by atoms with E-state index in [1.165, 1.54) is 12.1 Å². The topological polar surface area (TPSA) is 83.8 Å². The van der Waals surface area contributed by atoms with Crippen LogP contribution in [0.15, 0.2) is 88.9 Å². The molecule has 4 rings (SSSR count). The molecule has 0 fully saturated rings. The molecule has 0 aliphatic carbocycles. The van der Waals surface area contributed by atoms with Crippen LogP contribution in [-0.4, -0.2) is 31.7 Å². The van der Waals surface area contributed by atoms with Gasteiger partial charge in [-0.1, -0.05) is 41.9 Å². The zero-order valence-electron chi connectivity index (χ0n) is 21.6. The van der Waals surface area contributed by atoms with E-state index in [4.69, 9.17) is 11.6 Å². The number of hydrogen-bond acceptors (Lipinski definition) is 4. The monoisotopic (exact) mass is 548 g/mol. The molecule has 1 N–H and O–H groups in total. The minimum Gasteiger partial charge on any atom is -0.318 e. The number of halogens is 1. The van der Waals surface area contributed by atoms with Crippen LogP contribution in [-0.2, 0) is 14.8 Å². The summed E-state index contributed by atoms with van der Waals surface area (Å²) in [5.74, 6) is -0.567. The van der Waals surface area contributed by atoms with Crippen LogP contribution in [0.5, 0.6) is 0 Å². The second-order valence-corrected chi connectivity index (χ2v) is 11.3. The summed E-state index contributed by atoms with van der Waals surface area (Å²) >= 11 is 6.16.